The van der Waals surface area contributed by atoms with E-state index in [0.717, 1.165) is 42.0 Å². The van der Waals surface area contributed by atoms with Crippen molar-refractivity contribution in [1.29, 1.82) is 0 Å². The molecule has 1 N–H and O–H groups in total. The van der Waals surface area contributed by atoms with Crippen molar-refractivity contribution in [2.75, 3.05) is 4.90 Å². The number of nitrogens with one attached hydrogen (secondary N) is 1. The van der Waals surface area contributed by atoms with Gasteiger partial charge in [-0.3, -0.25) is 9.69 Å². The zero-order valence-corrected chi connectivity index (χ0v) is 19.8. The van der Waals surface area contributed by atoms with Crippen LogP contribution < -0.4 is 15.0 Å². The van der Waals surface area contributed by atoms with Crippen molar-refractivity contribution in [3.05, 3.63) is 106 Å². The number of hydrogen-bond acceptors (Lipinski definition) is 3. The number of carbonyl (C=O) groups is 1. The maximum atomic E-state index is 13.4. The largest absolute Gasteiger partial charge is 0.573 e. The van der Waals surface area contributed by atoms with E-state index >= 15 is 0 Å². The Bertz CT molecular complexity index is 1300. The molecule has 11 heteroatoms. The predicted molar refractivity (Wildman–Crippen MR) is 126 cm³/mol. The average molecular weight is 541 g/mol. The lowest BCUT2D eigenvalue weighted by Crippen LogP contribution is -2.33. The van der Waals surface area contributed by atoms with Gasteiger partial charge in [0.2, 0.25) is 0 Å². The average Bonchev–Trinajstić information content (AvgIpc) is 3.14. The van der Waals surface area contributed by atoms with E-state index in [9.17, 15) is 31.1 Å². The Morgan fingerprint density at radius 1 is 0.946 bits per heavy atom. The summed E-state index contributed by atoms with van der Waals surface area (Å²) in [6.45, 7) is 1.80. The molecule has 0 fully saturated rings. The number of rotatable bonds is 6. The first-order valence-corrected chi connectivity index (χ1v) is 11.3. The van der Waals surface area contributed by atoms with Gasteiger partial charge in [-0.15, -0.1) is 13.2 Å². The maximum absolute atomic E-state index is 13.4. The first kappa shape index (κ1) is 26.4. The molecule has 0 aromatic heterocycles. The van der Waals surface area contributed by atoms with Crippen LogP contribution in [0.5, 0.6) is 5.75 Å². The first-order valence-electron chi connectivity index (χ1n) is 10.9. The highest BCUT2D eigenvalue weighted by Gasteiger charge is 2.37. The van der Waals surface area contributed by atoms with Crippen molar-refractivity contribution in [2.45, 2.75) is 31.5 Å². The first-order chi connectivity index (χ1) is 17.3. The third-order valence-corrected chi connectivity index (χ3v) is 5.95. The molecule has 37 heavy (non-hydrogen) atoms. The number of alkyl halides is 6. The molecule has 3 aromatic rings. The zero-order valence-electron chi connectivity index (χ0n) is 19.1. The standard InChI is InChI=1S/C26H19ClF6N2O2/c1-15(16-5-9-19(27)10-6-16)34-22-14-23(17-3-2-4-21(13-17)37-26(31,32)33)35(24(22)36)20-11-7-18(8-12-20)25(28,29)30/h2-15,23,34H,1H3/t15-,23-/m1/s1. The summed E-state index contributed by atoms with van der Waals surface area (Å²) in [5.74, 6) is -1.05. The van der Waals surface area contributed by atoms with Crippen LogP contribution in [0.1, 0.15) is 35.7 Å². The van der Waals surface area contributed by atoms with Gasteiger partial charge in [-0.25, -0.2) is 0 Å². The monoisotopic (exact) mass is 540 g/mol. The molecule has 0 saturated carbocycles. The second-order valence-corrected chi connectivity index (χ2v) is 8.72. The molecule has 1 aliphatic rings. The van der Waals surface area contributed by atoms with Gasteiger partial charge in [0.25, 0.3) is 5.91 Å². The van der Waals surface area contributed by atoms with E-state index < -0.39 is 35.8 Å². The molecule has 4 nitrogen and oxygen atoms in total. The Hall–Kier alpha value is -3.66. The van der Waals surface area contributed by atoms with Gasteiger partial charge in [-0.1, -0.05) is 35.9 Å². The van der Waals surface area contributed by atoms with Crippen molar-refractivity contribution in [1.82, 2.24) is 5.32 Å². The minimum absolute atomic E-state index is 0.134. The molecule has 1 aliphatic heterocycles. The Labute approximate surface area is 213 Å². The molecule has 194 valence electrons. The molecule has 0 aliphatic carbocycles. The molecule has 0 unspecified atom stereocenters. The number of hydrogen-bond donors (Lipinski definition) is 1. The van der Waals surface area contributed by atoms with Crippen molar-refractivity contribution in [3.8, 4) is 5.75 Å². The van der Waals surface area contributed by atoms with E-state index in [1.807, 2.05) is 0 Å². The topological polar surface area (TPSA) is 41.6 Å². The van der Waals surface area contributed by atoms with Crippen LogP contribution >= 0.6 is 11.6 Å². The number of carbonyl (C=O) groups excluding carboxylic acids is 1. The highest BCUT2D eigenvalue weighted by Crippen LogP contribution is 2.39. The molecular weight excluding hydrogens is 522 g/mol. The zero-order chi connectivity index (χ0) is 27.0. The summed E-state index contributed by atoms with van der Waals surface area (Å²) in [7, 11) is 0. The van der Waals surface area contributed by atoms with Crippen LogP contribution in [-0.4, -0.2) is 12.3 Å². The minimum atomic E-state index is -4.92. The molecule has 0 bridgehead atoms. The second kappa shape index (κ2) is 10.0. The normalized spacial score (nSPS) is 17.0. The summed E-state index contributed by atoms with van der Waals surface area (Å²) in [5, 5.41) is 3.62. The minimum Gasteiger partial charge on any atom is -0.406 e. The summed E-state index contributed by atoms with van der Waals surface area (Å²) >= 11 is 5.93. The summed E-state index contributed by atoms with van der Waals surface area (Å²) in [6, 6.07) is 14.7. The lowest BCUT2D eigenvalue weighted by molar-refractivity contribution is -0.274. The summed E-state index contributed by atoms with van der Waals surface area (Å²) < 4.78 is 81.5. The molecule has 1 amide bonds. The van der Waals surface area contributed by atoms with Gasteiger partial charge >= 0.3 is 12.5 Å². The van der Waals surface area contributed by atoms with E-state index in [1.165, 1.54) is 23.1 Å². The van der Waals surface area contributed by atoms with Crippen molar-refractivity contribution >= 4 is 23.2 Å². The Morgan fingerprint density at radius 3 is 2.19 bits per heavy atom. The van der Waals surface area contributed by atoms with Gasteiger partial charge in [-0.05, 0) is 72.7 Å². The van der Waals surface area contributed by atoms with E-state index in [0.29, 0.717) is 5.02 Å². The Kier molecular flexibility index (Phi) is 7.14. The number of nitrogens with zero attached hydrogens (tertiary/aromatic N) is 1. The van der Waals surface area contributed by atoms with Crippen LogP contribution in [0.4, 0.5) is 32.0 Å². The fraction of sp³-hybridized carbons (Fsp3) is 0.192. The van der Waals surface area contributed by atoms with Crippen LogP contribution in [-0.2, 0) is 11.0 Å². The quantitative estimate of drug-likeness (QED) is 0.328. The van der Waals surface area contributed by atoms with E-state index in [-0.39, 0.29) is 23.0 Å². The molecular formula is C26H19ClF6N2O2. The van der Waals surface area contributed by atoms with Crippen molar-refractivity contribution < 1.29 is 35.9 Å². The lowest BCUT2D eigenvalue weighted by Gasteiger charge is -2.26. The van der Waals surface area contributed by atoms with Gasteiger partial charge in [0.15, 0.2) is 0 Å². The SMILES string of the molecule is C[C@@H](NC1=C[C@H](c2cccc(OC(F)(F)F)c2)N(c2ccc(C(F)(F)F)cc2)C1=O)c1ccc(Cl)cc1. The molecule has 4 rings (SSSR count). The molecule has 1 heterocycles. The highest BCUT2D eigenvalue weighted by molar-refractivity contribution is 6.30. The lowest BCUT2D eigenvalue weighted by atomic mass is 10.1. The van der Waals surface area contributed by atoms with E-state index in [2.05, 4.69) is 10.1 Å². The summed E-state index contributed by atoms with van der Waals surface area (Å²) in [5.41, 5.74) is 0.448. The van der Waals surface area contributed by atoms with Gasteiger partial charge in [0.1, 0.15) is 5.75 Å². The van der Waals surface area contributed by atoms with E-state index in [1.54, 1.807) is 31.2 Å². The number of ether oxygens (including phenoxy) is 1. The van der Waals surface area contributed by atoms with Gasteiger partial charge in [-0.2, -0.15) is 13.2 Å². The summed E-state index contributed by atoms with van der Waals surface area (Å²) in [6.07, 6.45) is -7.98. The molecule has 2 atom stereocenters. The van der Waals surface area contributed by atoms with Crippen LogP contribution in [0.3, 0.4) is 0 Å². The third-order valence-electron chi connectivity index (χ3n) is 5.70. The number of halogens is 7. The maximum Gasteiger partial charge on any atom is 0.573 e. The number of amides is 1. The Balaban J connectivity index is 1.70. The van der Waals surface area contributed by atoms with Crippen LogP contribution in [0, 0.1) is 0 Å². The van der Waals surface area contributed by atoms with Gasteiger partial charge < -0.3 is 10.1 Å². The van der Waals surface area contributed by atoms with Gasteiger partial charge in [0, 0.05) is 16.8 Å². The second-order valence-electron chi connectivity index (χ2n) is 8.28. The fourth-order valence-corrected chi connectivity index (χ4v) is 4.09. The van der Waals surface area contributed by atoms with Gasteiger partial charge in [0.05, 0.1) is 17.3 Å². The van der Waals surface area contributed by atoms with E-state index in [4.69, 9.17) is 11.6 Å². The summed E-state index contributed by atoms with van der Waals surface area (Å²) in [4.78, 5) is 14.7. The Morgan fingerprint density at radius 2 is 1.59 bits per heavy atom. The van der Waals surface area contributed by atoms with Crippen LogP contribution in [0.2, 0.25) is 5.02 Å². The molecule has 0 saturated heterocycles. The molecule has 0 spiro atoms. The molecule has 0 radical (unpaired) electrons. The van der Waals surface area contributed by atoms with Crippen molar-refractivity contribution in [2.24, 2.45) is 0 Å². The highest BCUT2D eigenvalue weighted by atomic mass is 35.5. The molecule has 3 aromatic carbocycles. The third kappa shape index (κ3) is 6.19. The number of benzene rings is 3. The van der Waals surface area contributed by atoms with Crippen LogP contribution in [0.15, 0.2) is 84.6 Å². The smallest absolute Gasteiger partial charge is 0.406 e. The predicted octanol–water partition coefficient (Wildman–Crippen LogP) is 7.58. The number of anilines is 1. The van der Waals surface area contributed by atoms with Crippen molar-refractivity contribution in [3.63, 3.8) is 0 Å². The fourth-order valence-electron chi connectivity index (χ4n) is 3.97. The van der Waals surface area contributed by atoms with Crippen LogP contribution in [0.25, 0.3) is 0 Å².